The van der Waals surface area contributed by atoms with Crippen LogP contribution in [0.1, 0.15) is 0 Å². The van der Waals surface area contributed by atoms with Crippen molar-refractivity contribution < 1.29 is 0 Å². The van der Waals surface area contributed by atoms with Gasteiger partial charge in [0.1, 0.15) is 0 Å². The second kappa shape index (κ2) is 13.8. The zero-order valence-electron chi connectivity index (χ0n) is 32.6. The number of hydrogen-bond acceptors (Lipinski definition) is 2. The second-order valence-corrected chi connectivity index (χ2v) is 15.4. The van der Waals surface area contributed by atoms with Gasteiger partial charge in [0.2, 0.25) is 5.95 Å². The summed E-state index contributed by atoms with van der Waals surface area (Å²) in [4.78, 5) is 11.0. The van der Waals surface area contributed by atoms with E-state index in [2.05, 4.69) is 228 Å². The lowest BCUT2D eigenvalue weighted by Gasteiger charge is -2.15. The number of hydrogen-bond donors (Lipinski definition) is 0. The molecule has 0 spiro atoms. The SMILES string of the molecule is c1ccc(-c2cc(-c3ccccc3)cc(-c3nc(-n4c5ccccc5c5cc(-n6c7ccccc7c7ccccc76)ccc54)nc4ccc(-c5ccccc5)cc34)c2)cc1. The van der Waals surface area contributed by atoms with Crippen LogP contribution >= 0.6 is 0 Å². The maximum Gasteiger partial charge on any atom is 0.235 e. The number of fused-ring (bicyclic) bond motifs is 7. The van der Waals surface area contributed by atoms with Gasteiger partial charge in [-0.05, 0) is 100 Å². The van der Waals surface area contributed by atoms with Gasteiger partial charge in [-0.3, -0.25) is 4.57 Å². The van der Waals surface area contributed by atoms with Crippen molar-refractivity contribution in [1.82, 2.24) is 19.1 Å². The molecule has 0 atom stereocenters. The molecule has 0 aliphatic rings. The minimum Gasteiger partial charge on any atom is -0.309 e. The Morgan fingerprint density at radius 3 is 1.32 bits per heavy atom. The lowest BCUT2D eigenvalue weighted by Crippen LogP contribution is -2.04. The smallest absolute Gasteiger partial charge is 0.235 e. The van der Waals surface area contributed by atoms with Gasteiger partial charge in [0, 0.05) is 38.2 Å². The molecule has 9 aromatic carbocycles. The van der Waals surface area contributed by atoms with Crippen molar-refractivity contribution >= 4 is 54.5 Å². The first kappa shape index (κ1) is 34.0. The van der Waals surface area contributed by atoms with Crippen molar-refractivity contribution in [2.45, 2.75) is 0 Å². The summed E-state index contributed by atoms with van der Waals surface area (Å²) in [5, 5.41) is 5.79. The van der Waals surface area contributed by atoms with Gasteiger partial charge in [0.05, 0.1) is 33.3 Å². The summed E-state index contributed by atoms with van der Waals surface area (Å²) in [6, 6.07) is 78.0. The minimum atomic E-state index is 0.632. The largest absolute Gasteiger partial charge is 0.309 e. The molecule has 0 bridgehead atoms. The summed E-state index contributed by atoms with van der Waals surface area (Å²) < 4.78 is 4.63. The van der Waals surface area contributed by atoms with Crippen molar-refractivity contribution in [2.24, 2.45) is 0 Å². The van der Waals surface area contributed by atoms with Gasteiger partial charge < -0.3 is 4.57 Å². The molecule has 0 aliphatic carbocycles. The van der Waals surface area contributed by atoms with Gasteiger partial charge in [-0.15, -0.1) is 0 Å². The van der Waals surface area contributed by atoms with Crippen LogP contribution in [0.15, 0.2) is 218 Å². The van der Waals surface area contributed by atoms with Crippen molar-refractivity contribution in [3.05, 3.63) is 218 Å². The molecule has 3 heterocycles. The van der Waals surface area contributed by atoms with E-state index in [-0.39, 0.29) is 0 Å². The summed E-state index contributed by atoms with van der Waals surface area (Å²) in [5.41, 5.74) is 15.2. The van der Waals surface area contributed by atoms with Gasteiger partial charge in [-0.1, -0.05) is 152 Å². The molecule has 60 heavy (non-hydrogen) atoms. The summed E-state index contributed by atoms with van der Waals surface area (Å²) in [6.45, 7) is 0. The van der Waals surface area contributed by atoms with E-state index in [0.717, 1.165) is 83.0 Å². The molecule has 0 radical (unpaired) electrons. The van der Waals surface area contributed by atoms with Crippen molar-refractivity contribution in [3.8, 4) is 56.3 Å². The van der Waals surface area contributed by atoms with Gasteiger partial charge >= 0.3 is 0 Å². The molecule has 0 N–H and O–H groups in total. The highest BCUT2D eigenvalue weighted by molar-refractivity contribution is 6.12. The molecule has 280 valence electrons. The summed E-state index contributed by atoms with van der Waals surface area (Å²) in [5.74, 6) is 0.632. The average Bonchev–Trinajstić information content (AvgIpc) is 3.84. The van der Waals surface area contributed by atoms with E-state index in [9.17, 15) is 0 Å². The Morgan fingerprint density at radius 1 is 0.267 bits per heavy atom. The lowest BCUT2D eigenvalue weighted by atomic mass is 9.93. The van der Waals surface area contributed by atoms with Crippen LogP contribution in [0.3, 0.4) is 0 Å². The Labute approximate surface area is 346 Å². The minimum absolute atomic E-state index is 0.632. The molecule has 0 amide bonds. The average molecular weight is 765 g/mol. The van der Waals surface area contributed by atoms with E-state index >= 15 is 0 Å². The molecule has 3 aromatic heterocycles. The monoisotopic (exact) mass is 764 g/mol. The van der Waals surface area contributed by atoms with Crippen molar-refractivity contribution in [2.75, 3.05) is 0 Å². The molecule has 0 saturated carbocycles. The van der Waals surface area contributed by atoms with Crippen LogP contribution in [-0.4, -0.2) is 19.1 Å². The van der Waals surface area contributed by atoms with Crippen LogP contribution < -0.4 is 0 Å². The van der Waals surface area contributed by atoms with Crippen LogP contribution in [0, 0.1) is 0 Å². The summed E-state index contributed by atoms with van der Waals surface area (Å²) in [6.07, 6.45) is 0. The molecule has 12 rings (SSSR count). The Bertz CT molecular complexity index is 3470. The summed E-state index contributed by atoms with van der Waals surface area (Å²) >= 11 is 0. The van der Waals surface area contributed by atoms with E-state index in [1.807, 2.05) is 0 Å². The predicted molar refractivity (Wildman–Crippen MR) is 250 cm³/mol. The Morgan fingerprint density at radius 2 is 0.733 bits per heavy atom. The molecule has 0 unspecified atom stereocenters. The third-order valence-corrected chi connectivity index (χ3v) is 11.9. The number of nitrogens with zero attached hydrogens (tertiary/aromatic N) is 4. The zero-order chi connectivity index (χ0) is 39.6. The van der Waals surface area contributed by atoms with Crippen molar-refractivity contribution in [1.29, 1.82) is 0 Å². The van der Waals surface area contributed by atoms with Crippen molar-refractivity contribution in [3.63, 3.8) is 0 Å². The summed E-state index contributed by atoms with van der Waals surface area (Å²) in [7, 11) is 0. The molecular weight excluding hydrogens is 729 g/mol. The Hall–Kier alpha value is -8.08. The van der Waals surface area contributed by atoms with E-state index < -0.39 is 0 Å². The number of benzene rings is 9. The normalized spacial score (nSPS) is 11.7. The molecular formula is C56H36N4. The zero-order valence-corrected chi connectivity index (χ0v) is 32.6. The lowest BCUT2D eigenvalue weighted by molar-refractivity contribution is 1.01. The highest BCUT2D eigenvalue weighted by Gasteiger charge is 2.20. The van der Waals surface area contributed by atoms with E-state index in [4.69, 9.17) is 9.97 Å². The third kappa shape index (κ3) is 5.53. The molecule has 0 fully saturated rings. The second-order valence-electron chi connectivity index (χ2n) is 15.4. The number of rotatable bonds is 6. The molecule has 4 nitrogen and oxygen atoms in total. The highest BCUT2D eigenvalue weighted by Crippen LogP contribution is 2.40. The van der Waals surface area contributed by atoms with Crippen LogP contribution in [0.2, 0.25) is 0 Å². The Balaban J connectivity index is 1.13. The van der Waals surface area contributed by atoms with Gasteiger partial charge in [0.25, 0.3) is 0 Å². The van der Waals surface area contributed by atoms with E-state index in [0.29, 0.717) is 5.95 Å². The van der Waals surface area contributed by atoms with Crippen LogP contribution in [0.25, 0.3) is 111 Å². The standard InChI is InChI=1S/C56H36N4/c1-4-16-37(17-5-1)40-28-30-50-49(35-40)55(43-33-41(38-18-6-2-7-19-38)32-42(34-43)39-20-8-3-9-21-39)58-56(57-50)60-53-27-15-12-24-47(53)48-36-44(29-31-54(48)60)59-51-25-13-10-22-45(51)46-23-11-14-26-52(46)59/h1-36H. The number of aromatic nitrogens is 4. The third-order valence-electron chi connectivity index (χ3n) is 11.9. The van der Waals surface area contributed by atoms with Gasteiger partial charge in [-0.25, -0.2) is 9.97 Å². The molecule has 4 heteroatoms. The maximum atomic E-state index is 5.62. The quantitative estimate of drug-likeness (QED) is 0.169. The van der Waals surface area contributed by atoms with E-state index in [1.165, 1.54) is 21.8 Å². The van der Waals surface area contributed by atoms with Gasteiger partial charge in [0.15, 0.2) is 0 Å². The fourth-order valence-corrected chi connectivity index (χ4v) is 9.12. The van der Waals surface area contributed by atoms with Crippen LogP contribution in [0.5, 0.6) is 0 Å². The fraction of sp³-hybridized carbons (Fsp3) is 0. The number of para-hydroxylation sites is 3. The first-order valence-electron chi connectivity index (χ1n) is 20.4. The van der Waals surface area contributed by atoms with E-state index in [1.54, 1.807) is 0 Å². The fourth-order valence-electron chi connectivity index (χ4n) is 9.12. The first-order chi connectivity index (χ1) is 29.7. The molecule has 0 saturated heterocycles. The molecule has 0 aliphatic heterocycles. The van der Waals surface area contributed by atoms with Crippen LogP contribution in [-0.2, 0) is 0 Å². The highest BCUT2D eigenvalue weighted by atomic mass is 15.2. The topological polar surface area (TPSA) is 35.6 Å². The first-order valence-corrected chi connectivity index (χ1v) is 20.4. The maximum absolute atomic E-state index is 5.62. The van der Waals surface area contributed by atoms with Crippen LogP contribution in [0.4, 0.5) is 0 Å². The molecule has 12 aromatic rings. The predicted octanol–water partition coefficient (Wildman–Crippen LogP) is 14.5. The Kier molecular flexibility index (Phi) is 7.82. The van der Waals surface area contributed by atoms with Gasteiger partial charge in [-0.2, -0.15) is 0 Å².